The molecule has 4 aromatic rings. The summed E-state index contributed by atoms with van der Waals surface area (Å²) in [4.78, 5) is 30.0. The normalized spacial score (nSPS) is 10.8. The standard InChI is InChI=1S/C23H22N4O4S/c1-14-7-9-20(31-3)17(11-14)19(28)8-10-21(29)24-22-25-23-27(26-22)18(13-32-23)15-5-4-6-16(12-15)30-2/h4-7,9,11-13H,8,10H2,1-3H3,(H,24,26,29). The van der Waals surface area contributed by atoms with Gasteiger partial charge >= 0.3 is 0 Å². The number of benzene rings is 2. The largest absolute Gasteiger partial charge is 0.497 e. The second-order valence-corrected chi connectivity index (χ2v) is 7.99. The summed E-state index contributed by atoms with van der Waals surface area (Å²) in [6.45, 7) is 1.90. The zero-order valence-corrected chi connectivity index (χ0v) is 18.7. The van der Waals surface area contributed by atoms with Gasteiger partial charge in [-0.25, -0.2) is 4.52 Å². The molecule has 0 aliphatic heterocycles. The molecule has 8 nitrogen and oxygen atoms in total. The lowest BCUT2D eigenvalue weighted by Crippen LogP contribution is -2.15. The fraction of sp³-hybridized carbons (Fsp3) is 0.217. The Morgan fingerprint density at radius 2 is 1.94 bits per heavy atom. The monoisotopic (exact) mass is 450 g/mol. The lowest BCUT2D eigenvalue weighted by Gasteiger charge is -2.08. The highest BCUT2D eigenvalue weighted by Crippen LogP contribution is 2.28. The molecule has 0 aliphatic rings. The van der Waals surface area contributed by atoms with Crippen molar-refractivity contribution in [1.82, 2.24) is 14.6 Å². The summed E-state index contributed by atoms with van der Waals surface area (Å²) in [6.07, 6.45) is 0.0778. The molecule has 2 aromatic heterocycles. The number of anilines is 1. The van der Waals surface area contributed by atoms with E-state index in [0.29, 0.717) is 16.3 Å². The number of amides is 1. The molecule has 1 amide bonds. The van der Waals surface area contributed by atoms with Crippen LogP contribution in [0.2, 0.25) is 0 Å². The Balaban J connectivity index is 1.44. The van der Waals surface area contributed by atoms with Crippen LogP contribution in [0.3, 0.4) is 0 Å². The lowest BCUT2D eigenvalue weighted by molar-refractivity contribution is -0.116. The number of ether oxygens (including phenoxy) is 2. The number of methoxy groups -OCH3 is 2. The number of carbonyl (C=O) groups is 2. The molecule has 0 bridgehead atoms. The molecule has 2 aromatic carbocycles. The lowest BCUT2D eigenvalue weighted by atomic mass is 10.0. The van der Waals surface area contributed by atoms with Crippen LogP contribution >= 0.6 is 11.3 Å². The van der Waals surface area contributed by atoms with Gasteiger partial charge in [0, 0.05) is 23.8 Å². The number of nitrogens with zero attached hydrogens (tertiary/aromatic N) is 3. The fourth-order valence-electron chi connectivity index (χ4n) is 3.30. The summed E-state index contributed by atoms with van der Waals surface area (Å²) in [5.41, 5.74) is 3.20. The molecule has 0 aliphatic carbocycles. The van der Waals surface area contributed by atoms with Gasteiger partial charge in [0.2, 0.25) is 16.8 Å². The van der Waals surface area contributed by atoms with Gasteiger partial charge in [-0.1, -0.05) is 23.8 Å². The third-order valence-corrected chi connectivity index (χ3v) is 5.75. The molecule has 4 rings (SSSR count). The number of ketones is 1. The molecule has 0 unspecified atom stereocenters. The van der Waals surface area contributed by atoms with Gasteiger partial charge in [-0.05, 0) is 31.2 Å². The third kappa shape index (κ3) is 4.47. The van der Waals surface area contributed by atoms with E-state index in [1.54, 1.807) is 23.8 Å². The molecule has 32 heavy (non-hydrogen) atoms. The second kappa shape index (κ2) is 9.19. The van der Waals surface area contributed by atoms with Crippen molar-refractivity contribution in [3.63, 3.8) is 0 Å². The molecule has 1 N–H and O–H groups in total. The number of nitrogens with one attached hydrogen (secondary N) is 1. The van der Waals surface area contributed by atoms with Crippen molar-refractivity contribution >= 4 is 33.9 Å². The van der Waals surface area contributed by atoms with Crippen LogP contribution in [-0.2, 0) is 4.79 Å². The fourth-order valence-corrected chi connectivity index (χ4v) is 4.13. The van der Waals surface area contributed by atoms with E-state index in [4.69, 9.17) is 9.47 Å². The summed E-state index contributed by atoms with van der Waals surface area (Å²) in [5.74, 6) is 0.963. The van der Waals surface area contributed by atoms with Crippen LogP contribution in [-0.4, -0.2) is 40.5 Å². The van der Waals surface area contributed by atoms with E-state index >= 15 is 0 Å². The van der Waals surface area contributed by atoms with Crippen molar-refractivity contribution in [3.8, 4) is 22.8 Å². The van der Waals surface area contributed by atoms with E-state index < -0.39 is 0 Å². The Hall–Kier alpha value is -3.72. The van der Waals surface area contributed by atoms with E-state index in [0.717, 1.165) is 22.6 Å². The van der Waals surface area contributed by atoms with Crippen LogP contribution in [0.25, 0.3) is 16.2 Å². The van der Waals surface area contributed by atoms with Crippen molar-refractivity contribution in [2.75, 3.05) is 19.5 Å². The average Bonchev–Trinajstić information content (AvgIpc) is 3.37. The number of aromatic nitrogens is 3. The number of hydrogen-bond donors (Lipinski definition) is 1. The SMILES string of the molecule is COc1cccc(-c2csc3nc(NC(=O)CCC(=O)c4cc(C)ccc4OC)nn23)c1. The van der Waals surface area contributed by atoms with E-state index in [-0.39, 0.29) is 30.5 Å². The van der Waals surface area contributed by atoms with E-state index in [1.165, 1.54) is 18.4 Å². The summed E-state index contributed by atoms with van der Waals surface area (Å²) < 4.78 is 12.2. The maximum atomic E-state index is 12.6. The van der Waals surface area contributed by atoms with Crippen molar-refractivity contribution in [2.45, 2.75) is 19.8 Å². The Bertz CT molecular complexity index is 1290. The van der Waals surface area contributed by atoms with Crippen molar-refractivity contribution in [3.05, 3.63) is 59.0 Å². The maximum absolute atomic E-state index is 12.6. The van der Waals surface area contributed by atoms with Crippen LogP contribution in [0.15, 0.2) is 47.8 Å². The molecular weight excluding hydrogens is 428 g/mol. The highest BCUT2D eigenvalue weighted by Gasteiger charge is 2.17. The van der Waals surface area contributed by atoms with E-state index in [1.807, 2.05) is 42.6 Å². The average molecular weight is 451 g/mol. The molecular formula is C23H22N4O4S. The van der Waals surface area contributed by atoms with Crippen molar-refractivity contribution < 1.29 is 19.1 Å². The molecule has 0 fully saturated rings. The van der Waals surface area contributed by atoms with Crippen LogP contribution in [0, 0.1) is 6.92 Å². The molecule has 0 saturated carbocycles. The number of fused-ring (bicyclic) bond motifs is 1. The van der Waals surface area contributed by atoms with E-state index in [9.17, 15) is 9.59 Å². The number of Topliss-reactive ketones (excluding diaryl/α,β-unsaturated/α-hetero) is 1. The summed E-state index contributed by atoms with van der Waals surface area (Å²) >= 11 is 1.42. The smallest absolute Gasteiger partial charge is 0.250 e. The van der Waals surface area contributed by atoms with Gasteiger partial charge in [0.15, 0.2) is 5.78 Å². The zero-order valence-electron chi connectivity index (χ0n) is 17.9. The molecule has 0 saturated heterocycles. The first-order valence-corrected chi connectivity index (χ1v) is 10.8. The minimum absolute atomic E-state index is 0.0194. The second-order valence-electron chi connectivity index (χ2n) is 7.16. The number of aryl methyl sites for hydroxylation is 1. The third-order valence-electron chi connectivity index (χ3n) is 4.93. The van der Waals surface area contributed by atoms with Gasteiger partial charge < -0.3 is 9.47 Å². The topological polar surface area (TPSA) is 94.8 Å². The van der Waals surface area contributed by atoms with Crippen molar-refractivity contribution in [1.29, 1.82) is 0 Å². The summed E-state index contributed by atoms with van der Waals surface area (Å²) in [6, 6.07) is 13.0. The minimum atomic E-state index is -0.328. The summed E-state index contributed by atoms with van der Waals surface area (Å²) in [5, 5.41) is 9.04. The molecule has 2 heterocycles. The Morgan fingerprint density at radius 1 is 1.09 bits per heavy atom. The van der Waals surface area contributed by atoms with Crippen LogP contribution < -0.4 is 14.8 Å². The van der Waals surface area contributed by atoms with Gasteiger partial charge in [0.25, 0.3) is 0 Å². The predicted octanol–water partition coefficient (Wildman–Crippen LogP) is 4.39. The summed E-state index contributed by atoms with van der Waals surface area (Å²) in [7, 11) is 3.13. The van der Waals surface area contributed by atoms with Gasteiger partial charge in [0.05, 0.1) is 25.5 Å². The number of carbonyl (C=O) groups excluding carboxylic acids is 2. The Kier molecular flexibility index (Phi) is 6.18. The highest BCUT2D eigenvalue weighted by molar-refractivity contribution is 7.15. The Morgan fingerprint density at radius 3 is 2.72 bits per heavy atom. The van der Waals surface area contributed by atoms with Gasteiger partial charge in [0.1, 0.15) is 11.5 Å². The van der Waals surface area contributed by atoms with Crippen LogP contribution in [0.4, 0.5) is 5.95 Å². The molecule has 164 valence electrons. The first kappa shape index (κ1) is 21.5. The highest BCUT2D eigenvalue weighted by atomic mass is 32.1. The first-order valence-electron chi connectivity index (χ1n) is 9.95. The van der Waals surface area contributed by atoms with Crippen LogP contribution in [0.1, 0.15) is 28.8 Å². The molecule has 9 heteroatoms. The minimum Gasteiger partial charge on any atom is -0.497 e. The maximum Gasteiger partial charge on any atom is 0.250 e. The van der Waals surface area contributed by atoms with Gasteiger partial charge in [-0.2, -0.15) is 4.98 Å². The van der Waals surface area contributed by atoms with E-state index in [2.05, 4.69) is 15.4 Å². The molecule has 0 atom stereocenters. The predicted molar refractivity (Wildman–Crippen MR) is 123 cm³/mol. The van der Waals surface area contributed by atoms with Crippen molar-refractivity contribution in [2.24, 2.45) is 0 Å². The first-order chi connectivity index (χ1) is 15.5. The quantitative estimate of drug-likeness (QED) is 0.400. The van der Waals surface area contributed by atoms with Crippen LogP contribution in [0.5, 0.6) is 11.5 Å². The van der Waals surface area contributed by atoms with Gasteiger partial charge in [-0.3, -0.25) is 14.9 Å². The molecule has 0 spiro atoms. The Labute approximate surface area is 188 Å². The number of rotatable bonds is 8. The number of hydrogen-bond acceptors (Lipinski definition) is 7. The zero-order chi connectivity index (χ0) is 22.7. The number of thiazole rings is 1. The molecule has 0 radical (unpaired) electrons. The van der Waals surface area contributed by atoms with Gasteiger partial charge in [-0.15, -0.1) is 16.4 Å².